The second-order valence-electron chi connectivity index (χ2n) is 14.6. The molecule has 10 nitrogen and oxygen atoms in total. The predicted molar refractivity (Wildman–Crippen MR) is 237 cm³/mol. The molecule has 0 unspecified atom stereocenters. The maximum absolute atomic E-state index is 14.9. The zero-order valence-corrected chi connectivity index (χ0v) is 35.4. The highest BCUT2D eigenvalue weighted by atomic mass is 35.5. The first kappa shape index (κ1) is 45.5. The van der Waals surface area contributed by atoms with Gasteiger partial charge in [0.2, 0.25) is 0 Å². The predicted octanol–water partition coefficient (Wildman–Crippen LogP) is 9.41. The van der Waals surface area contributed by atoms with Gasteiger partial charge in [0.1, 0.15) is 17.2 Å². The standard InChI is InChI=1S/C21H19F2N5.C21H20FN5.4ClH/c1-28-11-15-6-13(8-18(23)21(15)27-28)14-7-17(22)16-10-19(25-26-20(16)9-14)12-2-4-24-5-3-12;1-27-12-16-8-14(2-3-19(16)26-27)15-9-18(22)17-11-20(24-25-21(17)10-15)13-4-6-23-7-5-13;;;;/h6-12,24H,2-5H2,1H3;2-3,8-13,23H,4-7H2,1H3;4*1H. The Morgan fingerprint density at radius 2 is 0.949 bits per heavy atom. The molecule has 2 N–H and O–H groups in total. The topological polar surface area (TPSA) is 111 Å². The zero-order valence-electron chi connectivity index (χ0n) is 32.2. The Morgan fingerprint density at radius 1 is 0.492 bits per heavy atom. The summed E-state index contributed by atoms with van der Waals surface area (Å²) in [7, 11) is 3.63. The number of rotatable bonds is 4. The average Bonchev–Trinajstić information content (AvgIpc) is 3.79. The molecule has 2 fully saturated rings. The number of aryl methyl sites for hydroxylation is 2. The summed E-state index contributed by atoms with van der Waals surface area (Å²) in [5.74, 6) is -0.390. The molecule has 0 spiro atoms. The van der Waals surface area contributed by atoms with Gasteiger partial charge < -0.3 is 10.6 Å². The van der Waals surface area contributed by atoms with Gasteiger partial charge in [-0.15, -0.1) is 49.6 Å². The van der Waals surface area contributed by atoms with E-state index in [0.717, 1.165) is 85.3 Å². The number of piperidine rings is 2. The van der Waals surface area contributed by atoms with E-state index in [0.29, 0.717) is 55.7 Å². The Morgan fingerprint density at radius 3 is 1.51 bits per heavy atom. The lowest BCUT2D eigenvalue weighted by Crippen LogP contribution is -2.27. The molecule has 0 saturated carbocycles. The number of hydrogen-bond donors (Lipinski definition) is 2. The van der Waals surface area contributed by atoms with Crippen molar-refractivity contribution in [1.82, 2.24) is 50.6 Å². The van der Waals surface area contributed by atoms with E-state index in [1.54, 1.807) is 34.7 Å². The molecule has 2 saturated heterocycles. The van der Waals surface area contributed by atoms with E-state index in [1.807, 2.05) is 55.7 Å². The van der Waals surface area contributed by atoms with Gasteiger partial charge in [-0.1, -0.05) is 6.07 Å². The van der Waals surface area contributed by atoms with Crippen molar-refractivity contribution < 1.29 is 13.2 Å². The summed E-state index contributed by atoms with van der Waals surface area (Å²) in [6.45, 7) is 3.83. The number of fused-ring (bicyclic) bond motifs is 4. The Kier molecular flexibility index (Phi) is 14.8. The summed E-state index contributed by atoms with van der Waals surface area (Å²) >= 11 is 0. The lowest BCUT2D eigenvalue weighted by atomic mass is 9.93. The third kappa shape index (κ3) is 9.41. The van der Waals surface area contributed by atoms with Crippen LogP contribution in [0.3, 0.4) is 0 Å². The number of halogens is 7. The van der Waals surface area contributed by atoms with Gasteiger partial charge in [0.25, 0.3) is 0 Å². The van der Waals surface area contributed by atoms with Crippen LogP contribution in [0.4, 0.5) is 13.2 Å². The van der Waals surface area contributed by atoms with Crippen molar-refractivity contribution in [1.29, 1.82) is 0 Å². The van der Waals surface area contributed by atoms with Crippen LogP contribution in [-0.4, -0.2) is 66.1 Å². The lowest BCUT2D eigenvalue weighted by Gasteiger charge is -2.21. The second-order valence-corrected chi connectivity index (χ2v) is 14.6. The first-order valence-electron chi connectivity index (χ1n) is 18.7. The molecular weight excluding hydrogens is 843 g/mol. The van der Waals surface area contributed by atoms with Crippen molar-refractivity contribution in [2.45, 2.75) is 37.5 Å². The van der Waals surface area contributed by atoms with Gasteiger partial charge in [-0.3, -0.25) is 9.36 Å². The number of aromatic nitrogens is 8. The minimum Gasteiger partial charge on any atom is -0.317 e. The van der Waals surface area contributed by atoms with Gasteiger partial charge >= 0.3 is 0 Å². The van der Waals surface area contributed by atoms with Crippen molar-refractivity contribution in [3.05, 3.63) is 108 Å². The molecule has 17 heteroatoms. The van der Waals surface area contributed by atoms with E-state index in [9.17, 15) is 13.2 Å². The van der Waals surface area contributed by atoms with Crippen LogP contribution in [0, 0.1) is 17.5 Å². The van der Waals surface area contributed by atoms with Gasteiger partial charge in [0, 0.05) is 59.9 Å². The van der Waals surface area contributed by atoms with Crippen LogP contribution in [0.25, 0.3) is 65.9 Å². The first-order chi connectivity index (χ1) is 26.8. The third-order valence-electron chi connectivity index (χ3n) is 10.8. The quantitative estimate of drug-likeness (QED) is 0.180. The van der Waals surface area contributed by atoms with Crippen molar-refractivity contribution in [2.75, 3.05) is 26.2 Å². The van der Waals surface area contributed by atoms with Gasteiger partial charge in [-0.05, 0) is 135 Å². The van der Waals surface area contributed by atoms with Gasteiger partial charge in [0.05, 0.1) is 27.9 Å². The molecule has 0 atom stereocenters. The molecule has 4 aromatic carbocycles. The van der Waals surface area contributed by atoms with Gasteiger partial charge in [-0.25, -0.2) is 13.2 Å². The highest BCUT2D eigenvalue weighted by Crippen LogP contribution is 2.33. The maximum Gasteiger partial charge on any atom is 0.151 e. The van der Waals surface area contributed by atoms with E-state index in [1.165, 1.54) is 12.1 Å². The summed E-state index contributed by atoms with van der Waals surface area (Å²) < 4.78 is 47.6. The number of hydrogen-bond acceptors (Lipinski definition) is 8. The molecule has 10 rings (SSSR count). The fourth-order valence-corrected chi connectivity index (χ4v) is 7.91. The normalized spacial score (nSPS) is 14.5. The zero-order chi connectivity index (χ0) is 37.6. The number of benzene rings is 4. The maximum atomic E-state index is 14.9. The Hall–Kier alpha value is -4.63. The third-order valence-corrected chi connectivity index (χ3v) is 10.8. The van der Waals surface area contributed by atoms with E-state index in [2.05, 4.69) is 41.2 Å². The van der Waals surface area contributed by atoms with Crippen LogP contribution >= 0.6 is 49.6 Å². The van der Waals surface area contributed by atoms with E-state index < -0.39 is 5.82 Å². The SMILES string of the molecule is Cl.Cl.Cl.Cl.Cn1cc2cc(-c3cc(F)c4cc(C5CCNCC5)nnc4c3)cc(F)c2n1.Cn1cc2cc(-c3cc(F)c4cc(C5CCNCC5)nnc4c3)ccc2n1. The van der Waals surface area contributed by atoms with Gasteiger partial charge in [0.15, 0.2) is 5.82 Å². The van der Waals surface area contributed by atoms with Crippen LogP contribution in [-0.2, 0) is 14.1 Å². The monoisotopic (exact) mass is 884 g/mol. The Labute approximate surface area is 363 Å². The fraction of sp³-hybridized carbons (Fsp3) is 0.286. The lowest BCUT2D eigenvalue weighted by molar-refractivity contribution is 0.451. The molecule has 8 aromatic rings. The number of nitrogens with zero attached hydrogens (tertiary/aromatic N) is 8. The van der Waals surface area contributed by atoms with Crippen molar-refractivity contribution in [3.63, 3.8) is 0 Å². The van der Waals surface area contributed by atoms with E-state index in [4.69, 9.17) is 0 Å². The molecule has 310 valence electrons. The molecule has 0 bridgehead atoms. The van der Waals surface area contributed by atoms with Crippen LogP contribution in [0.5, 0.6) is 0 Å². The van der Waals surface area contributed by atoms with Crippen LogP contribution < -0.4 is 10.6 Å². The van der Waals surface area contributed by atoms with Crippen molar-refractivity contribution in [2.24, 2.45) is 14.1 Å². The molecule has 6 heterocycles. The summed E-state index contributed by atoms with van der Waals surface area (Å²) in [6.07, 6.45) is 7.69. The summed E-state index contributed by atoms with van der Waals surface area (Å²) in [5, 5.41) is 35.2. The van der Waals surface area contributed by atoms with Crippen molar-refractivity contribution >= 4 is 93.2 Å². The minimum absolute atomic E-state index is 0. The second kappa shape index (κ2) is 19.2. The summed E-state index contributed by atoms with van der Waals surface area (Å²) in [6, 6.07) is 19.5. The molecule has 59 heavy (non-hydrogen) atoms. The fourth-order valence-electron chi connectivity index (χ4n) is 7.91. The molecule has 4 aromatic heterocycles. The van der Waals surface area contributed by atoms with E-state index >= 15 is 0 Å². The summed E-state index contributed by atoms with van der Waals surface area (Å²) in [4.78, 5) is 0. The minimum atomic E-state index is -0.430. The van der Waals surface area contributed by atoms with Crippen LogP contribution in [0.1, 0.15) is 48.9 Å². The molecule has 2 aliphatic rings. The molecule has 2 aliphatic heterocycles. The Bertz CT molecular complexity index is 2730. The van der Waals surface area contributed by atoms with Crippen molar-refractivity contribution in [3.8, 4) is 22.3 Å². The molecule has 0 amide bonds. The molecule has 0 aliphatic carbocycles. The van der Waals surface area contributed by atoms with E-state index in [-0.39, 0.29) is 61.3 Å². The largest absolute Gasteiger partial charge is 0.317 e. The first-order valence-corrected chi connectivity index (χ1v) is 18.7. The highest BCUT2D eigenvalue weighted by Gasteiger charge is 2.21. The Balaban J connectivity index is 0.000000210. The highest BCUT2D eigenvalue weighted by molar-refractivity contribution is 5.90. The van der Waals surface area contributed by atoms with Crippen LogP contribution in [0.15, 0.2) is 79.1 Å². The summed E-state index contributed by atoms with van der Waals surface area (Å²) in [5.41, 5.74) is 6.92. The average molecular weight is 887 g/mol. The smallest absolute Gasteiger partial charge is 0.151 e. The van der Waals surface area contributed by atoms with Crippen LogP contribution in [0.2, 0.25) is 0 Å². The molecular formula is C42H43Cl4F3N10. The van der Waals surface area contributed by atoms with Gasteiger partial charge in [-0.2, -0.15) is 30.6 Å². The molecule has 0 radical (unpaired) electrons. The number of nitrogens with one attached hydrogen (secondary N) is 2.